The van der Waals surface area contributed by atoms with Crippen molar-refractivity contribution >= 4 is 22.9 Å². The molecule has 106 valence electrons. The molecule has 0 bridgehead atoms. The number of nitrogens with zero attached hydrogens (tertiary/aromatic N) is 3. The Bertz CT molecular complexity index is 750. The molecule has 0 saturated carbocycles. The van der Waals surface area contributed by atoms with E-state index < -0.39 is 5.91 Å². The topological polar surface area (TPSA) is 85.8 Å². The Morgan fingerprint density at radius 3 is 3.00 bits per heavy atom. The zero-order chi connectivity index (χ0) is 14.7. The predicted octanol–water partition coefficient (Wildman–Crippen LogP) is 2.04. The maximum atomic E-state index is 11.1. The molecule has 6 nitrogen and oxygen atoms in total. The van der Waals surface area contributed by atoms with E-state index in [-0.39, 0.29) is 0 Å². The predicted molar refractivity (Wildman–Crippen MR) is 81.5 cm³/mol. The fourth-order valence-electron chi connectivity index (χ4n) is 1.90. The van der Waals surface area contributed by atoms with Crippen molar-refractivity contribution in [3.8, 4) is 5.82 Å². The van der Waals surface area contributed by atoms with Crippen LogP contribution in [0, 0.1) is 0 Å². The molecule has 0 fully saturated rings. The lowest BCUT2D eigenvalue weighted by atomic mass is 10.3. The van der Waals surface area contributed by atoms with E-state index >= 15 is 0 Å². The lowest BCUT2D eigenvalue weighted by Gasteiger charge is -2.09. The Labute approximate surface area is 125 Å². The smallest absolute Gasteiger partial charge is 0.249 e. The molecule has 0 radical (unpaired) electrons. The first kappa shape index (κ1) is 13.3. The summed E-state index contributed by atoms with van der Waals surface area (Å²) in [6.07, 6.45) is 5.26. The van der Waals surface area contributed by atoms with E-state index in [0.29, 0.717) is 12.1 Å². The molecule has 0 unspecified atom stereocenters. The SMILES string of the molecule is NC(=O)c1csc(CNc2cccnc2-n2cccn2)c1. The van der Waals surface area contributed by atoms with Crippen molar-refractivity contribution in [2.24, 2.45) is 5.73 Å². The molecule has 3 heterocycles. The first-order valence-electron chi connectivity index (χ1n) is 6.30. The number of carbonyl (C=O) groups is 1. The molecule has 1 amide bonds. The normalized spacial score (nSPS) is 10.5. The van der Waals surface area contributed by atoms with Crippen LogP contribution in [0.15, 0.2) is 48.2 Å². The largest absolute Gasteiger partial charge is 0.377 e. The Hall–Kier alpha value is -2.67. The third-order valence-corrected chi connectivity index (χ3v) is 3.84. The third kappa shape index (κ3) is 2.92. The van der Waals surface area contributed by atoms with Crippen LogP contribution in [-0.4, -0.2) is 20.7 Å². The summed E-state index contributed by atoms with van der Waals surface area (Å²) in [5.41, 5.74) is 6.66. The summed E-state index contributed by atoms with van der Waals surface area (Å²) in [5.74, 6) is 0.324. The molecule has 0 aliphatic carbocycles. The molecule has 3 aromatic rings. The van der Waals surface area contributed by atoms with Crippen LogP contribution in [0.4, 0.5) is 5.69 Å². The van der Waals surface area contributed by atoms with Crippen molar-refractivity contribution in [3.05, 3.63) is 58.7 Å². The van der Waals surface area contributed by atoms with Crippen LogP contribution in [0.2, 0.25) is 0 Å². The number of primary amides is 1. The van der Waals surface area contributed by atoms with Gasteiger partial charge in [-0.1, -0.05) is 0 Å². The Kier molecular flexibility index (Phi) is 3.65. The number of amides is 1. The summed E-state index contributed by atoms with van der Waals surface area (Å²) in [6.45, 7) is 0.595. The van der Waals surface area contributed by atoms with Gasteiger partial charge in [0.05, 0.1) is 11.3 Å². The van der Waals surface area contributed by atoms with Gasteiger partial charge < -0.3 is 11.1 Å². The first-order valence-corrected chi connectivity index (χ1v) is 7.18. The van der Waals surface area contributed by atoms with Gasteiger partial charge in [0, 0.05) is 35.4 Å². The number of pyridine rings is 1. The van der Waals surface area contributed by atoms with Gasteiger partial charge in [0.15, 0.2) is 5.82 Å². The second kappa shape index (κ2) is 5.76. The molecule has 0 aliphatic heterocycles. The molecule has 0 spiro atoms. The van der Waals surface area contributed by atoms with Gasteiger partial charge in [0.2, 0.25) is 5.91 Å². The number of nitrogens with one attached hydrogen (secondary N) is 1. The van der Waals surface area contributed by atoms with Crippen molar-refractivity contribution in [1.82, 2.24) is 14.8 Å². The minimum Gasteiger partial charge on any atom is -0.377 e. The van der Waals surface area contributed by atoms with Crippen LogP contribution in [0.25, 0.3) is 5.82 Å². The fourth-order valence-corrected chi connectivity index (χ4v) is 2.71. The van der Waals surface area contributed by atoms with E-state index in [0.717, 1.165) is 16.4 Å². The fraction of sp³-hybridized carbons (Fsp3) is 0.0714. The highest BCUT2D eigenvalue weighted by Crippen LogP contribution is 2.20. The molecule has 0 saturated heterocycles. The Balaban J connectivity index is 1.77. The van der Waals surface area contributed by atoms with Crippen molar-refractivity contribution in [2.75, 3.05) is 5.32 Å². The van der Waals surface area contributed by atoms with Gasteiger partial charge in [0.1, 0.15) is 0 Å². The minimum absolute atomic E-state index is 0.406. The zero-order valence-corrected chi connectivity index (χ0v) is 11.9. The van der Waals surface area contributed by atoms with Crippen molar-refractivity contribution in [3.63, 3.8) is 0 Å². The minimum atomic E-state index is -0.406. The molecular weight excluding hydrogens is 286 g/mol. The number of aromatic nitrogens is 3. The maximum Gasteiger partial charge on any atom is 0.249 e. The molecule has 0 atom stereocenters. The first-order chi connectivity index (χ1) is 10.2. The number of anilines is 1. The molecule has 3 N–H and O–H groups in total. The van der Waals surface area contributed by atoms with Crippen LogP contribution in [-0.2, 0) is 6.54 Å². The van der Waals surface area contributed by atoms with E-state index in [1.807, 2.05) is 24.4 Å². The number of carbonyl (C=O) groups excluding carboxylic acids is 1. The van der Waals surface area contributed by atoms with Crippen LogP contribution in [0.5, 0.6) is 0 Å². The summed E-state index contributed by atoms with van der Waals surface area (Å²) >= 11 is 1.49. The molecular formula is C14H13N5OS. The highest BCUT2D eigenvalue weighted by Gasteiger charge is 2.08. The Morgan fingerprint density at radius 2 is 2.29 bits per heavy atom. The monoisotopic (exact) mass is 299 g/mol. The quantitative estimate of drug-likeness (QED) is 0.755. The lowest BCUT2D eigenvalue weighted by Crippen LogP contribution is -2.09. The highest BCUT2D eigenvalue weighted by atomic mass is 32.1. The van der Waals surface area contributed by atoms with Crippen molar-refractivity contribution in [2.45, 2.75) is 6.54 Å². The second-order valence-corrected chi connectivity index (χ2v) is 5.34. The average Bonchev–Trinajstić information content (AvgIpc) is 3.17. The van der Waals surface area contributed by atoms with Gasteiger partial charge in [-0.25, -0.2) is 9.67 Å². The van der Waals surface area contributed by atoms with Gasteiger partial charge >= 0.3 is 0 Å². The standard InChI is InChI=1S/C14H13N5OS/c15-13(20)10-7-11(21-9-10)8-17-12-3-1-4-16-14(12)19-6-2-5-18-19/h1-7,9,17H,8H2,(H2,15,20). The van der Waals surface area contributed by atoms with E-state index in [2.05, 4.69) is 15.4 Å². The third-order valence-electron chi connectivity index (χ3n) is 2.90. The zero-order valence-electron chi connectivity index (χ0n) is 11.1. The van der Waals surface area contributed by atoms with Crippen molar-refractivity contribution < 1.29 is 4.79 Å². The molecule has 7 heteroatoms. The summed E-state index contributed by atoms with van der Waals surface area (Å²) in [7, 11) is 0. The highest BCUT2D eigenvalue weighted by molar-refractivity contribution is 7.10. The lowest BCUT2D eigenvalue weighted by molar-refractivity contribution is 0.100. The molecule has 21 heavy (non-hydrogen) atoms. The molecule has 3 aromatic heterocycles. The maximum absolute atomic E-state index is 11.1. The summed E-state index contributed by atoms with van der Waals surface area (Å²) in [5, 5.41) is 9.25. The van der Waals surface area contributed by atoms with Crippen LogP contribution in [0.1, 0.15) is 15.2 Å². The van der Waals surface area contributed by atoms with Gasteiger partial charge in [-0.2, -0.15) is 5.10 Å². The van der Waals surface area contributed by atoms with Crippen molar-refractivity contribution in [1.29, 1.82) is 0 Å². The average molecular weight is 299 g/mol. The summed E-state index contributed by atoms with van der Waals surface area (Å²) in [4.78, 5) is 16.4. The summed E-state index contributed by atoms with van der Waals surface area (Å²) < 4.78 is 1.70. The Morgan fingerprint density at radius 1 is 1.38 bits per heavy atom. The van der Waals surface area contributed by atoms with E-state index in [4.69, 9.17) is 5.73 Å². The molecule has 0 aromatic carbocycles. The van der Waals surface area contributed by atoms with Crippen LogP contribution < -0.4 is 11.1 Å². The number of hydrogen-bond acceptors (Lipinski definition) is 5. The molecule has 3 rings (SSSR count). The van der Waals surface area contributed by atoms with Gasteiger partial charge in [0.25, 0.3) is 0 Å². The number of hydrogen-bond donors (Lipinski definition) is 2. The van der Waals surface area contributed by atoms with E-state index in [1.165, 1.54) is 11.3 Å². The van der Waals surface area contributed by atoms with Gasteiger partial charge in [-0.3, -0.25) is 4.79 Å². The van der Waals surface area contributed by atoms with Crippen LogP contribution >= 0.6 is 11.3 Å². The number of rotatable bonds is 5. The number of nitrogens with two attached hydrogens (primary N) is 1. The second-order valence-electron chi connectivity index (χ2n) is 4.34. The van der Waals surface area contributed by atoms with Gasteiger partial charge in [-0.15, -0.1) is 11.3 Å². The van der Waals surface area contributed by atoms with Gasteiger partial charge in [-0.05, 0) is 24.3 Å². The van der Waals surface area contributed by atoms with E-state index in [1.54, 1.807) is 28.5 Å². The van der Waals surface area contributed by atoms with E-state index in [9.17, 15) is 4.79 Å². The summed E-state index contributed by atoms with van der Waals surface area (Å²) in [6, 6.07) is 7.44. The van der Waals surface area contributed by atoms with Crippen LogP contribution in [0.3, 0.4) is 0 Å². The number of thiophene rings is 1. The molecule has 0 aliphatic rings.